The molecule has 0 bridgehead atoms. The number of hydrogen-bond donors (Lipinski definition) is 3. The molecule has 0 aliphatic carbocycles. The van der Waals surface area contributed by atoms with Gasteiger partial charge in [0.2, 0.25) is 5.95 Å². The molecule has 3 N–H and O–H groups in total. The molecule has 1 aromatic carbocycles. The Kier molecular flexibility index (Phi) is 5.97. The van der Waals surface area contributed by atoms with E-state index in [2.05, 4.69) is 25.6 Å². The fraction of sp³-hybridized carbons (Fsp3) is 0.250. The number of halogens is 3. The molecule has 3 rings (SSSR count). The van der Waals surface area contributed by atoms with E-state index in [1.165, 1.54) is 6.07 Å². The number of alkyl halides is 3. The highest BCUT2D eigenvalue weighted by atomic mass is 19.4. The van der Waals surface area contributed by atoms with Gasteiger partial charge in [-0.2, -0.15) is 18.2 Å². The van der Waals surface area contributed by atoms with Crippen LogP contribution in [0.4, 0.5) is 30.6 Å². The zero-order chi connectivity index (χ0) is 21.0. The second-order valence-electron chi connectivity index (χ2n) is 6.58. The minimum absolute atomic E-state index is 0.129. The van der Waals surface area contributed by atoms with Crippen LogP contribution < -0.4 is 10.6 Å². The van der Waals surface area contributed by atoms with Crippen molar-refractivity contribution in [2.75, 3.05) is 17.2 Å². The number of anilines is 3. The van der Waals surface area contributed by atoms with Crippen LogP contribution in [-0.2, 0) is 6.18 Å². The van der Waals surface area contributed by atoms with Gasteiger partial charge in [-0.15, -0.1) is 0 Å². The Balaban J connectivity index is 2.01. The van der Waals surface area contributed by atoms with Gasteiger partial charge < -0.3 is 15.7 Å². The predicted molar refractivity (Wildman–Crippen MR) is 105 cm³/mol. The summed E-state index contributed by atoms with van der Waals surface area (Å²) in [6, 6.07) is 8.38. The largest absolute Gasteiger partial charge is 0.416 e. The molecule has 0 aliphatic rings. The lowest BCUT2D eigenvalue weighted by Gasteiger charge is -2.16. The van der Waals surface area contributed by atoms with Gasteiger partial charge >= 0.3 is 6.18 Å². The van der Waals surface area contributed by atoms with E-state index in [9.17, 15) is 18.3 Å². The zero-order valence-corrected chi connectivity index (χ0v) is 15.8. The minimum Gasteiger partial charge on any atom is -0.394 e. The first kappa shape index (κ1) is 20.5. The molecule has 0 saturated carbocycles. The van der Waals surface area contributed by atoms with Crippen LogP contribution in [0.2, 0.25) is 0 Å². The lowest BCUT2D eigenvalue weighted by Crippen LogP contribution is -2.21. The Hall–Kier alpha value is -3.20. The Bertz CT molecular complexity index is 980. The second kappa shape index (κ2) is 8.44. The highest BCUT2D eigenvalue weighted by molar-refractivity contribution is 5.68. The van der Waals surface area contributed by atoms with Gasteiger partial charge in [0.15, 0.2) is 0 Å². The Morgan fingerprint density at radius 2 is 1.93 bits per heavy atom. The fourth-order valence-electron chi connectivity index (χ4n) is 2.57. The summed E-state index contributed by atoms with van der Waals surface area (Å²) in [4.78, 5) is 12.8. The molecular formula is C20H20F3N5O. The molecule has 0 amide bonds. The first-order valence-electron chi connectivity index (χ1n) is 8.88. The van der Waals surface area contributed by atoms with Crippen LogP contribution in [0.5, 0.6) is 0 Å². The van der Waals surface area contributed by atoms with Crippen molar-refractivity contribution >= 4 is 17.5 Å². The van der Waals surface area contributed by atoms with Gasteiger partial charge in [-0.05, 0) is 43.7 Å². The van der Waals surface area contributed by atoms with E-state index in [0.29, 0.717) is 17.1 Å². The van der Waals surface area contributed by atoms with Crippen molar-refractivity contribution in [1.82, 2.24) is 15.0 Å². The average molecular weight is 403 g/mol. The molecule has 9 heteroatoms. The van der Waals surface area contributed by atoms with Crippen molar-refractivity contribution in [1.29, 1.82) is 0 Å². The first-order valence-corrected chi connectivity index (χ1v) is 8.88. The summed E-state index contributed by atoms with van der Waals surface area (Å²) in [5.74, 6) is 0.550. The number of hydrogen-bond acceptors (Lipinski definition) is 6. The molecule has 0 saturated heterocycles. The summed E-state index contributed by atoms with van der Waals surface area (Å²) in [5.41, 5.74) is 1.43. The number of benzene rings is 1. The summed E-state index contributed by atoms with van der Waals surface area (Å²) in [6.07, 6.45) is -1.19. The van der Waals surface area contributed by atoms with Crippen LogP contribution in [0.1, 0.15) is 18.1 Å². The average Bonchev–Trinajstić information content (AvgIpc) is 2.69. The van der Waals surface area contributed by atoms with Crippen LogP contribution in [0.3, 0.4) is 0 Å². The molecule has 0 aliphatic heterocycles. The number of aromatic nitrogens is 3. The molecule has 0 fully saturated rings. The van der Waals surface area contributed by atoms with Gasteiger partial charge in [-0.1, -0.05) is 6.07 Å². The normalized spacial score (nSPS) is 12.5. The molecule has 152 valence electrons. The van der Waals surface area contributed by atoms with E-state index >= 15 is 0 Å². The van der Waals surface area contributed by atoms with Crippen molar-refractivity contribution in [3.05, 3.63) is 59.9 Å². The van der Waals surface area contributed by atoms with Gasteiger partial charge in [0.25, 0.3) is 0 Å². The maximum Gasteiger partial charge on any atom is 0.416 e. The topological polar surface area (TPSA) is 83.0 Å². The molecule has 0 radical (unpaired) electrons. The van der Waals surface area contributed by atoms with Crippen LogP contribution in [-0.4, -0.2) is 32.7 Å². The van der Waals surface area contributed by atoms with Crippen molar-refractivity contribution in [2.24, 2.45) is 0 Å². The fourth-order valence-corrected chi connectivity index (χ4v) is 2.57. The highest BCUT2D eigenvalue weighted by Crippen LogP contribution is 2.33. The molecule has 2 heterocycles. The zero-order valence-electron chi connectivity index (χ0n) is 15.8. The Labute approximate surface area is 165 Å². The van der Waals surface area contributed by atoms with Gasteiger partial charge in [-0.25, -0.2) is 4.98 Å². The first-order chi connectivity index (χ1) is 13.8. The molecular weight excluding hydrogens is 383 g/mol. The highest BCUT2D eigenvalue weighted by Gasteiger charge is 2.30. The maximum atomic E-state index is 13.1. The van der Waals surface area contributed by atoms with Gasteiger partial charge in [0.05, 0.1) is 17.9 Å². The number of aliphatic hydroxyl groups excluding tert-OH is 1. The lowest BCUT2D eigenvalue weighted by atomic mass is 10.1. The maximum absolute atomic E-state index is 13.1. The van der Waals surface area contributed by atoms with Crippen LogP contribution >= 0.6 is 0 Å². The minimum atomic E-state index is -4.44. The van der Waals surface area contributed by atoms with E-state index in [0.717, 1.165) is 17.7 Å². The van der Waals surface area contributed by atoms with E-state index in [4.69, 9.17) is 0 Å². The molecule has 1 atom stereocenters. The van der Waals surface area contributed by atoms with E-state index in [-0.39, 0.29) is 24.3 Å². The smallest absolute Gasteiger partial charge is 0.394 e. The number of pyridine rings is 1. The molecule has 29 heavy (non-hydrogen) atoms. The molecule has 3 aromatic rings. The number of nitrogens with zero attached hydrogens (tertiary/aromatic N) is 3. The predicted octanol–water partition coefficient (Wildman–Crippen LogP) is 4.40. The Morgan fingerprint density at radius 1 is 1.14 bits per heavy atom. The van der Waals surface area contributed by atoms with Gasteiger partial charge in [-0.3, -0.25) is 4.98 Å². The van der Waals surface area contributed by atoms with Gasteiger partial charge in [0, 0.05) is 35.8 Å². The summed E-state index contributed by atoms with van der Waals surface area (Å²) < 4.78 is 39.2. The molecule has 0 spiro atoms. The van der Waals surface area contributed by atoms with E-state index < -0.39 is 11.7 Å². The summed E-state index contributed by atoms with van der Waals surface area (Å²) in [5, 5.41) is 15.2. The van der Waals surface area contributed by atoms with E-state index in [1.54, 1.807) is 38.4 Å². The van der Waals surface area contributed by atoms with Crippen molar-refractivity contribution < 1.29 is 18.3 Å². The van der Waals surface area contributed by atoms with Crippen molar-refractivity contribution in [2.45, 2.75) is 26.1 Å². The number of rotatable bonds is 6. The third-order valence-electron chi connectivity index (χ3n) is 4.16. The number of nitrogens with one attached hydrogen (secondary N) is 2. The number of aryl methyl sites for hydroxylation is 1. The standard InChI is InChI=1S/C20H20F3N5O/c1-12-5-6-15(20(21,22)23)8-16(12)26-18-9-17(14-4-3-7-24-10-14)27-19(28-18)25-13(2)11-29/h3-10,13,29H,11H2,1-2H3,(H2,25,26,27,28)/t13-/m0/s1. The summed E-state index contributed by atoms with van der Waals surface area (Å²) in [6.45, 7) is 3.33. The molecule has 2 aromatic heterocycles. The third kappa shape index (κ3) is 5.20. The monoisotopic (exact) mass is 403 g/mol. The lowest BCUT2D eigenvalue weighted by molar-refractivity contribution is -0.137. The Morgan fingerprint density at radius 3 is 2.59 bits per heavy atom. The van der Waals surface area contributed by atoms with E-state index in [1.807, 2.05) is 6.07 Å². The summed E-state index contributed by atoms with van der Waals surface area (Å²) >= 11 is 0. The molecule has 0 unspecified atom stereocenters. The van der Waals surface area contributed by atoms with Gasteiger partial charge in [0.1, 0.15) is 5.82 Å². The van der Waals surface area contributed by atoms with Crippen LogP contribution in [0, 0.1) is 6.92 Å². The molecule has 6 nitrogen and oxygen atoms in total. The van der Waals surface area contributed by atoms with Crippen molar-refractivity contribution in [3.8, 4) is 11.3 Å². The number of aliphatic hydroxyl groups is 1. The quantitative estimate of drug-likeness (QED) is 0.566. The van der Waals surface area contributed by atoms with Crippen LogP contribution in [0.25, 0.3) is 11.3 Å². The van der Waals surface area contributed by atoms with Crippen molar-refractivity contribution in [3.63, 3.8) is 0 Å². The third-order valence-corrected chi connectivity index (χ3v) is 4.16. The second-order valence-corrected chi connectivity index (χ2v) is 6.58. The SMILES string of the molecule is Cc1ccc(C(F)(F)F)cc1Nc1cc(-c2cccnc2)nc(N[C@@H](C)CO)n1. The summed E-state index contributed by atoms with van der Waals surface area (Å²) in [7, 11) is 0. The van der Waals surface area contributed by atoms with Crippen LogP contribution in [0.15, 0.2) is 48.8 Å².